The number of anilines is 3. The molecule has 6 N–H and O–H groups in total. The first-order chi connectivity index (χ1) is 15.4. The highest BCUT2D eigenvalue weighted by molar-refractivity contribution is 6.30. The van der Waals surface area contributed by atoms with Gasteiger partial charge in [-0.1, -0.05) is 17.7 Å². The van der Waals surface area contributed by atoms with Crippen molar-refractivity contribution in [3.05, 3.63) is 57.9 Å². The van der Waals surface area contributed by atoms with E-state index in [1.807, 2.05) is 24.4 Å². The van der Waals surface area contributed by atoms with Crippen LogP contribution in [0.2, 0.25) is 5.02 Å². The molecule has 1 atom stereocenters. The summed E-state index contributed by atoms with van der Waals surface area (Å²) >= 11 is 5.98. The molecule has 11 nitrogen and oxygen atoms in total. The van der Waals surface area contributed by atoms with Crippen LogP contribution in [0.15, 0.2) is 35.6 Å². The summed E-state index contributed by atoms with van der Waals surface area (Å²) in [6, 6.07) is 6.85. The molecule has 1 aliphatic rings. The molecule has 0 spiro atoms. The summed E-state index contributed by atoms with van der Waals surface area (Å²) < 4.78 is 7.17. The number of guanidine groups is 1. The molecule has 3 aromatic rings. The van der Waals surface area contributed by atoms with E-state index in [0.717, 1.165) is 11.1 Å². The van der Waals surface area contributed by atoms with Gasteiger partial charge in [0.15, 0.2) is 6.19 Å². The first kappa shape index (κ1) is 20.8. The lowest BCUT2D eigenvalue weighted by molar-refractivity contribution is 0.407. The maximum atomic E-state index is 9.47. The fourth-order valence-electron chi connectivity index (χ4n) is 3.51. The van der Waals surface area contributed by atoms with Crippen molar-refractivity contribution in [3.8, 4) is 18.0 Å². The SMILES string of the molecule is COc1ccc(C2N=C(NC#N)Nc3nc(N)c(C#N)c(N)c32)cc1Cn1cc(Cl)cn1. The van der Waals surface area contributed by atoms with Crippen molar-refractivity contribution in [2.45, 2.75) is 12.6 Å². The molecule has 3 heterocycles. The monoisotopic (exact) mass is 448 g/mol. The molecule has 0 saturated heterocycles. The highest BCUT2D eigenvalue weighted by Gasteiger charge is 2.30. The predicted molar refractivity (Wildman–Crippen MR) is 119 cm³/mol. The fraction of sp³-hybridized carbons (Fsp3) is 0.150. The van der Waals surface area contributed by atoms with Gasteiger partial charge in [0.05, 0.1) is 30.6 Å². The van der Waals surface area contributed by atoms with Crippen LogP contribution >= 0.6 is 11.6 Å². The van der Waals surface area contributed by atoms with E-state index in [2.05, 4.69) is 25.7 Å². The van der Waals surface area contributed by atoms with Gasteiger partial charge in [-0.3, -0.25) is 10.00 Å². The Hall–Kier alpha value is -4.48. The maximum absolute atomic E-state index is 9.47. The van der Waals surface area contributed by atoms with Gasteiger partial charge in [-0.25, -0.2) is 9.98 Å². The van der Waals surface area contributed by atoms with E-state index in [1.54, 1.807) is 30.3 Å². The van der Waals surface area contributed by atoms with Crippen molar-refractivity contribution in [2.75, 3.05) is 23.9 Å². The Bertz CT molecular complexity index is 1320. The molecule has 4 rings (SSSR count). The molecular formula is C20H17ClN10O. The number of fused-ring (bicyclic) bond motifs is 1. The van der Waals surface area contributed by atoms with Crippen molar-refractivity contribution < 1.29 is 4.74 Å². The van der Waals surface area contributed by atoms with E-state index in [9.17, 15) is 5.26 Å². The van der Waals surface area contributed by atoms with Crippen molar-refractivity contribution in [2.24, 2.45) is 4.99 Å². The first-order valence-electron chi connectivity index (χ1n) is 9.28. The number of hydrogen-bond acceptors (Lipinski definition) is 10. The standard InChI is InChI=1S/C20H17ClN10O/c1-32-14-3-2-10(4-11(14)7-31-8-12(21)6-27-31)17-15-16(24)13(5-22)18(25)29-19(15)30-20(28-17)26-9-23/h2-4,6,8,17H,7H2,1H3,(H6,24,25,26,28,29,30). The van der Waals surface area contributed by atoms with E-state index in [0.29, 0.717) is 28.7 Å². The summed E-state index contributed by atoms with van der Waals surface area (Å²) in [5, 5.41) is 28.6. The number of nitrogens with one attached hydrogen (secondary N) is 2. The quantitative estimate of drug-likeness (QED) is 0.343. The molecule has 0 bridgehead atoms. The van der Waals surface area contributed by atoms with Gasteiger partial charge in [0.25, 0.3) is 0 Å². The highest BCUT2D eigenvalue weighted by Crippen LogP contribution is 2.41. The summed E-state index contributed by atoms with van der Waals surface area (Å²) in [5.41, 5.74) is 14.5. The van der Waals surface area contributed by atoms with E-state index in [1.165, 1.54) is 0 Å². The van der Waals surface area contributed by atoms with Crippen molar-refractivity contribution >= 4 is 34.9 Å². The van der Waals surface area contributed by atoms with E-state index in [4.69, 9.17) is 33.1 Å². The van der Waals surface area contributed by atoms with Gasteiger partial charge in [-0.05, 0) is 17.7 Å². The number of halogens is 1. The molecule has 0 fully saturated rings. The normalized spacial score (nSPS) is 14.4. The average molecular weight is 449 g/mol. The van der Waals surface area contributed by atoms with Crippen LogP contribution < -0.4 is 26.8 Å². The summed E-state index contributed by atoms with van der Waals surface area (Å²) in [5.74, 6) is 1.12. The number of nitrogens with zero attached hydrogens (tertiary/aromatic N) is 6. The van der Waals surface area contributed by atoms with Crippen LogP contribution in [-0.4, -0.2) is 27.8 Å². The number of ether oxygens (including phenoxy) is 1. The van der Waals surface area contributed by atoms with Gasteiger partial charge < -0.3 is 21.5 Å². The molecule has 0 aliphatic carbocycles. The van der Waals surface area contributed by atoms with E-state index < -0.39 is 6.04 Å². The Morgan fingerprint density at radius 2 is 2.16 bits per heavy atom. The largest absolute Gasteiger partial charge is 0.496 e. The minimum absolute atomic E-state index is 0.0146. The van der Waals surface area contributed by atoms with Gasteiger partial charge in [0.2, 0.25) is 5.96 Å². The number of nitrogen functional groups attached to an aromatic ring is 2. The third kappa shape index (κ3) is 3.69. The average Bonchev–Trinajstić information content (AvgIpc) is 3.18. The van der Waals surface area contributed by atoms with Crippen LogP contribution in [0.4, 0.5) is 17.3 Å². The number of hydrogen-bond donors (Lipinski definition) is 4. The molecule has 0 saturated carbocycles. The van der Waals surface area contributed by atoms with Crippen LogP contribution in [-0.2, 0) is 6.54 Å². The van der Waals surface area contributed by atoms with Crippen LogP contribution in [0.1, 0.15) is 28.3 Å². The van der Waals surface area contributed by atoms with Crippen molar-refractivity contribution in [3.63, 3.8) is 0 Å². The number of rotatable bonds is 4. The smallest absolute Gasteiger partial charge is 0.211 e. The van der Waals surface area contributed by atoms with Crippen LogP contribution in [0, 0.1) is 22.8 Å². The van der Waals surface area contributed by atoms with Gasteiger partial charge >= 0.3 is 0 Å². The first-order valence-corrected chi connectivity index (χ1v) is 9.66. The van der Waals surface area contributed by atoms with Gasteiger partial charge in [-0.2, -0.15) is 15.6 Å². The number of benzene rings is 1. The third-order valence-corrected chi connectivity index (χ3v) is 5.11. The lowest BCUT2D eigenvalue weighted by Gasteiger charge is -2.26. The Morgan fingerprint density at radius 3 is 2.81 bits per heavy atom. The van der Waals surface area contributed by atoms with E-state index >= 15 is 0 Å². The highest BCUT2D eigenvalue weighted by atomic mass is 35.5. The zero-order chi connectivity index (χ0) is 22.8. The van der Waals surface area contributed by atoms with Crippen LogP contribution in [0.3, 0.4) is 0 Å². The lowest BCUT2D eigenvalue weighted by Crippen LogP contribution is -2.32. The Labute approximate surface area is 187 Å². The van der Waals surface area contributed by atoms with E-state index in [-0.39, 0.29) is 23.0 Å². The number of aliphatic imine (C=N–C) groups is 1. The number of aromatic nitrogens is 3. The molecule has 2 aromatic heterocycles. The van der Waals surface area contributed by atoms with Gasteiger partial charge in [0.1, 0.15) is 35.1 Å². The number of nitriles is 2. The molecule has 12 heteroatoms. The fourth-order valence-corrected chi connectivity index (χ4v) is 3.67. The molecule has 0 radical (unpaired) electrons. The summed E-state index contributed by atoms with van der Waals surface area (Å²) in [7, 11) is 1.57. The van der Waals surface area contributed by atoms with Gasteiger partial charge in [-0.15, -0.1) is 0 Å². The summed E-state index contributed by atoms with van der Waals surface area (Å²) in [6.07, 6.45) is 5.07. The van der Waals surface area contributed by atoms with Crippen LogP contribution in [0.5, 0.6) is 5.75 Å². The molecular weight excluding hydrogens is 432 g/mol. The molecule has 32 heavy (non-hydrogen) atoms. The summed E-state index contributed by atoms with van der Waals surface area (Å²) in [4.78, 5) is 8.83. The number of nitrogens with two attached hydrogens (primary N) is 2. The Kier molecular flexibility index (Phi) is 5.41. The lowest BCUT2D eigenvalue weighted by atomic mass is 9.94. The number of pyridine rings is 1. The molecule has 1 aliphatic heterocycles. The molecule has 1 aromatic carbocycles. The maximum Gasteiger partial charge on any atom is 0.211 e. The Balaban J connectivity index is 1.86. The topological polar surface area (TPSA) is 176 Å². The third-order valence-electron chi connectivity index (χ3n) is 4.91. The number of methoxy groups -OCH3 is 1. The zero-order valence-electron chi connectivity index (χ0n) is 16.8. The minimum Gasteiger partial charge on any atom is -0.496 e. The second-order valence-corrected chi connectivity index (χ2v) is 7.27. The van der Waals surface area contributed by atoms with Crippen molar-refractivity contribution in [1.82, 2.24) is 20.1 Å². The minimum atomic E-state index is -0.659. The second kappa shape index (κ2) is 8.34. The zero-order valence-corrected chi connectivity index (χ0v) is 17.6. The van der Waals surface area contributed by atoms with Crippen molar-refractivity contribution in [1.29, 1.82) is 10.5 Å². The molecule has 1 unspecified atom stereocenters. The van der Waals surface area contributed by atoms with Gasteiger partial charge in [0, 0.05) is 17.3 Å². The molecule has 160 valence electrons. The summed E-state index contributed by atoms with van der Waals surface area (Å²) in [6.45, 7) is 0.396. The van der Waals surface area contributed by atoms with Crippen LogP contribution in [0.25, 0.3) is 0 Å². The molecule has 0 amide bonds. The Morgan fingerprint density at radius 1 is 1.34 bits per heavy atom. The predicted octanol–water partition coefficient (Wildman–Crippen LogP) is 1.97. The second-order valence-electron chi connectivity index (χ2n) is 6.83.